The van der Waals surface area contributed by atoms with Crippen molar-refractivity contribution in [1.29, 1.82) is 0 Å². The lowest BCUT2D eigenvalue weighted by Gasteiger charge is -2.40. The molecule has 5 aliphatic rings. The largest absolute Gasteiger partial charge is 0.369 e. The van der Waals surface area contributed by atoms with Crippen LogP contribution in [0.5, 0.6) is 0 Å². The van der Waals surface area contributed by atoms with Gasteiger partial charge in [-0.1, -0.05) is 0 Å². The third-order valence-electron chi connectivity index (χ3n) is 12.5. The van der Waals surface area contributed by atoms with Crippen LogP contribution in [0.4, 0.5) is 46.8 Å². The van der Waals surface area contributed by atoms with E-state index in [9.17, 15) is 24.0 Å². The summed E-state index contributed by atoms with van der Waals surface area (Å²) in [5.41, 5.74) is 5.77. The predicted octanol–water partition coefficient (Wildman–Crippen LogP) is 2.04. The highest BCUT2D eigenvalue weighted by atomic mass is 19.2. The van der Waals surface area contributed by atoms with Gasteiger partial charge >= 0.3 is 6.03 Å². The van der Waals surface area contributed by atoms with Gasteiger partial charge in [0.2, 0.25) is 17.8 Å². The third kappa shape index (κ3) is 9.02. The van der Waals surface area contributed by atoms with Crippen LogP contribution in [0.2, 0.25) is 0 Å². The molecule has 5 saturated heterocycles. The summed E-state index contributed by atoms with van der Waals surface area (Å²) < 4.78 is 46.2. The van der Waals surface area contributed by atoms with Crippen molar-refractivity contribution < 1.29 is 37.1 Å². The van der Waals surface area contributed by atoms with Crippen molar-refractivity contribution in [1.82, 2.24) is 40.5 Å². The molecule has 18 nitrogen and oxygen atoms in total. The average molecular weight is 862 g/mol. The molecule has 0 radical (unpaired) electrons. The van der Waals surface area contributed by atoms with Crippen LogP contribution in [0.15, 0.2) is 30.3 Å². The van der Waals surface area contributed by atoms with Crippen LogP contribution in [-0.2, 0) is 9.59 Å². The van der Waals surface area contributed by atoms with E-state index < -0.39 is 52.7 Å². The topological polar surface area (TPSA) is 206 Å². The number of anilines is 5. The number of nitrogens with zero attached hydrogens (tertiary/aromatic N) is 9. The lowest BCUT2D eigenvalue weighted by Crippen LogP contribution is -2.52. The Labute approximate surface area is 355 Å². The second-order valence-electron chi connectivity index (χ2n) is 16.6. The Bertz CT molecular complexity index is 2240. The number of benzene rings is 2. The van der Waals surface area contributed by atoms with E-state index in [1.54, 1.807) is 29.0 Å². The van der Waals surface area contributed by atoms with E-state index in [-0.39, 0.29) is 48.1 Å². The zero-order valence-corrected chi connectivity index (χ0v) is 34.4. The van der Waals surface area contributed by atoms with Crippen molar-refractivity contribution in [3.8, 4) is 0 Å². The first-order chi connectivity index (χ1) is 29.8. The van der Waals surface area contributed by atoms with E-state index >= 15 is 13.2 Å². The number of nitrogens with one attached hydrogen (secondary N) is 3. The zero-order chi connectivity index (χ0) is 43.7. The monoisotopic (exact) mass is 861 g/mol. The van der Waals surface area contributed by atoms with Gasteiger partial charge in [0.05, 0.1) is 23.0 Å². The first-order valence-corrected chi connectivity index (χ1v) is 21.1. The highest BCUT2D eigenvalue weighted by molar-refractivity contribution is 6.04. The Hall–Kier alpha value is -6.25. The molecule has 0 spiro atoms. The summed E-state index contributed by atoms with van der Waals surface area (Å²) in [6.45, 7) is 6.88. The number of likely N-dealkylation sites (N-methyl/N-ethyl adjacent to an activating group) is 1. The fraction of sp³-hybridized carbons (Fsp3) is 0.512. The predicted molar refractivity (Wildman–Crippen MR) is 222 cm³/mol. The van der Waals surface area contributed by atoms with Gasteiger partial charge in [0, 0.05) is 91.1 Å². The van der Waals surface area contributed by atoms with E-state index in [1.165, 1.54) is 18.2 Å². The van der Waals surface area contributed by atoms with Crippen LogP contribution in [0.3, 0.4) is 0 Å². The Morgan fingerprint density at radius 1 is 0.839 bits per heavy atom. The molecule has 5 N–H and O–H groups in total. The number of nitrogens with two attached hydrogens (primary N) is 1. The normalized spacial score (nSPS) is 21.7. The number of piperidine rings is 3. The molecule has 2 atom stereocenters. The number of hydrogen-bond donors (Lipinski definition) is 4. The molecule has 0 bridgehead atoms. The number of piperazine rings is 1. The minimum absolute atomic E-state index is 0.00848. The van der Waals surface area contributed by atoms with Crippen molar-refractivity contribution in [2.75, 3.05) is 99.1 Å². The number of urea groups is 1. The fourth-order valence-electron chi connectivity index (χ4n) is 9.00. The Balaban J connectivity index is 0.821. The number of aromatic nitrogens is 3. The maximum Gasteiger partial charge on any atom is 0.320 e. The number of rotatable bonds is 11. The molecule has 6 amide bonds. The molecular weight excluding hydrogens is 812 g/mol. The average Bonchev–Trinajstić information content (AvgIpc) is 3.60. The highest BCUT2D eigenvalue weighted by Gasteiger charge is 2.36. The summed E-state index contributed by atoms with van der Waals surface area (Å²) in [7, 11) is 1.78. The smallest absolute Gasteiger partial charge is 0.320 e. The maximum atomic E-state index is 15.7. The number of carbonyl (C=O) groups is 5. The van der Waals surface area contributed by atoms with E-state index in [0.29, 0.717) is 82.7 Å². The molecule has 8 rings (SSSR count). The highest BCUT2D eigenvalue weighted by Crippen LogP contribution is 2.31. The van der Waals surface area contributed by atoms with Gasteiger partial charge in [0.15, 0.2) is 23.1 Å². The van der Waals surface area contributed by atoms with Gasteiger partial charge in [-0.3, -0.25) is 29.4 Å². The van der Waals surface area contributed by atoms with Crippen LogP contribution < -0.4 is 36.4 Å². The summed E-state index contributed by atoms with van der Waals surface area (Å²) in [5, 5.41) is 15.8. The standard InChI is InChI=1S/C41H50F3N13O5/c1-52-15-20-57(41(52)62)26-3-2-12-56(23-26)40-49-37(35(36(45)59)50-51-40)46-25-4-7-30(28(42)21-25)55-18-16-53(17-19-55)22-24-10-13-54(14-11-24)31-8-5-27(33(43)34(31)44)38(60)47-29-6-9-32(58)48-39(29)61/h4-5,7-8,21,24,26,29H,2-3,6,9-20,22-23H2,1H3,(H2,45,59)(H,47,60)(H,46,49,51)(H,48,58,61)/t26-,29?/m1/s1. The van der Waals surface area contributed by atoms with Crippen LogP contribution in [-0.4, -0.2) is 151 Å². The zero-order valence-electron chi connectivity index (χ0n) is 34.4. The van der Waals surface area contributed by atoms with Crippen LogP contribution in [0.1, 0.15) is 59.4 Å². The molecule has 6 heterocycles. The summed E-state index contributed by atoms with van der Waals surface area (Å²) in [4.78, 5) is 77.2. The van der Waals surface area contributed by atoms with Gasteiger partial charge in [-0.2, -0.15) is 4.98 Å². The fourth-order valence-corrected chi connectivity index (χ4v) is 9.00. The number of imide groups is 1. The number of amides is 6. The molecular formula is C41H50F3N13O5. The van der Waals surface area contributed by atoms with Crippen molar-refractivity contribution in [2.24, 2.45) is 11.7 Å². The van der Waals surface area contributed by atoms with Crippen LogP contribution >= 0.6 is 0 Å². The molecule has 0 saturated carbocycles. The number of carbonyl (C=O) groups excluding carboxylic acids is 5. The molecule has 2 aromatic carbocycles. The number of halogens is 3. The van der Waals surface area contributed by atoms with Crippen LogP contribution in [0, 0.1) is 23.4 Å². The SMILES string of the molecule is CN1CCN([C@@H]2CCCN(c3nnc(C(N)=O)c(Nc4ccc(N5CCN(CC6CCN(c7ccc(C(=O)NC8CCC(=O)NC8=O)c(F)c7F)CC6)CC5)c(F)c4)n3)C2)C1=O. The van der Waals surface area contributed by atoms with E-state index in [2.05, 4.69) is 36.0 Å². The minimum Gasteiger partial charge on any atom is -0.369 e. The first-order valence-electron chi connectivity index (χ1n) is 21.1. The van der Waals surface area contributed by atoms with Crippen molar-refractivity contribution in [3.05, 3.63) is 59.0 Å². The summed E-state index contributed by atoms with van der Waals surface area (Å²) in [6.07, 6.45) is 3.27. The van der Waals surface area contributed by atoms with Crippen molar-refractivity contribution >= 4 is 58.5 Å². The molecule has 0 aliphatic carbocycles. The maximum absolute atomic E-state index is 15.7. The molecule has 5 fully saturated rings. The van der Waals surface area contributed by atoms with Gasteiger partial charge in [-0.25, -0.2) is 18.0 Å². The second-order valence-corrected chi connectivity index (χ2v) is 16.6. The minimum atomic E-state index is -1.29. The first kappa shape index (κ1) is 42.4. The molecule has 3 aromatic rings. The van der Waals surface area contributed by atoms with Crippen molar-refractivity contribution in [2.45, 2.75) is 50.6 Å². The molecule has 1 unspecified atom stereocenters. The summed E-state index contributed by atoms with van der Waals surface area (Å²) in [6, 6.07) is 6.28. The third-order valence-corrected chi connectivity index (χ3v) is 12.5. The quantitative estimate of drug-likeness (QED) is 0.204. The van der Waals surface area contributed by atoms with Gasteiger partial charge in [0.1, 0.15) is 11.9 Å². The molecule has 1 aromatic heterocycles. The Morgan fingerprint density at radius 3 is 2.27 bits per heavy atom. The second kappa shape index (κ2) is 18.0. The molecule has 62 heavy (non-hydrogen) atoms. The Morgan fingerprint density at radius 2 is 1.58 bits per heavy atom. The summed E-state index contributed by atoms with van der Waals surface area (Å²) in [5.74, 6) is -5.14. The van der Waals surface area contributed by atoms with Gasteiger partial charge < -0.3 is 40.9 Å². The van der Waals surface area contributed by atoms with Gasteiger partial charge in [-0.05, 0) is 68.4 Å². The van der Waals surface area contributed by atoms with Crippen molar-refractivity contribution in [3.63, 3.8) is 0 Å². The molecule has 21 heteroatoms. The lowest BCUT2D eigenvalue weighted by atomic mass is 9.95. The number of primary amides is 1. The lowest BCUT2D eigenvalue weighted by molar-refractivity contribution is -0.134. The van der Waals surface area contributed by atoms with Crippen LogP contribution in [0.25, 0.3) is 0 Å². The number of hydrogen-bond acceptors (Lipinski definition) is 13. The van der Waals surface area contributed by atoms with E-state index in [1.807, 2.05) is 14.7 Å². The molecule has 330 valence electrons. The van der Waals surface area contributed by atoms with E-state index in [4.69, 9.17) is 5.73 Å². The van der Waals surface area contributed by atoms with Gasteiger partial charge in [-0.15, -0.1) is 10.2 Å². The Kier molecular flexibility index (Phi) is 12.3. The molecule has 5 aliphatic heterocycles. The summed E-state index contributed by atoms with van der Waals surface area (Å²) >= 11 is 0. The van der Waals surface area contributed by atoms with E-state index in [0.717, 1.165) is 32.2 Å². The van der Waals surface area contributed by atoms with Gasteiger partial charge in [0.25, 0.3) is 11.8 Å².